The summed E-state index contributed by atoms with van der Waals surface area (Å²) in [6.07, 6.45) is 0.762. The van der Waals surface area contributed by atoms with Gasteiger partial charge in [-0.3, -0.25) is 14.5 Å². The van der Waals surface area contributed by atoms with Gasteiger partial charge in [0.2, 0.25) is 0 Å². The maximum atomic E-state index is 12.6. The molecule has 26 heavy (non-hydrogen) atoms. The molecule has 2 rings (SSSR count). The van der Waals surface area contributed by atoms with E-state index in [1.165, 1.54) is 20.3 Å². The lowest BCUT2D eigenvalue weighted by atomic mass is 10.1. The van der Waals surface area contributed by atoms with E-state index in [4.69, 9.17) is 26.8 Å². The number of benzene rings is 1. The molecule has 1 saturated heterocycles. The summed E-state index contributed by atoms with van der Waals surface area (Å²) in [6, 6.07) is 3.43. The number of methoxy groups -OCH3 is 2. The average molecular weight is 397 g/mol. The topological polar surface area (TPSA) is 113 Å². The van der Waals surface area contributed by atoms with Crippen LogP contribution in [0, 0.1) is 0 Å². The summed E-state index contributed by atoms with van der Waals surface area (Å²) >= 11 is 5.98. The first-order chi connectivity index (χ1) is 12.3. The summed E-state index contributed by atoms with van der Waals surface area (Å²) in [5, 5.41) is 18.1. The molecule has 10 heteroatoms. The highest BCUT2D eigenvalue weighted by atomic mass is 32.2. The number of hydrogen-bond donors (Lipinski definition) is 2. The summed E-state index contributed by atoms with van der Waals surface area (Å²) in [6.45, 7) is 0. The number of amides is 1. The Labute approximate surface area is 158 Å². The highest BCUT2D eigenvalue weighted by Gasteiger charge is 2.41. The van der Waals surface area contributed by atoms with E-state index in [1.807, 2.05) is 0 Å². The first-order valence-corrected chi connectivity index (χ1v) is 8.44. The van der Waals surface area contributed by atoms with E-state index in [-0.39, 0.29) is 9.23 Å². The van der Waals surface area contributed by atoms with Crippen LogP contribution in [0.3, 0.4) is 0 Å². The summed E-state index contributed by atoms with van der Waals surface area (Å²) in [5.74, 6) is -2.42. The number of rotatable bonds is 7. The summed E-state index contributed by atoms with van der Waals surface area (Å²) < 4.78 is 10.4. The van der Waals surface area contributed by atoms with Crippen molar-refractivity contribution in [1.29, 1.82) is 0 Å². The Bertz CT molecular complexity index is 806. The lowest BCUT2D eigenvalue weighted by molar-refractivity contribution is -0.150. The first-order valence-electron chi connectivity index (χ1n) is 7.22. The van der Waals surface area contributed by atoms with Gasteiger partial charge < -0.3 is 19.7 Å². The molecule has 1 heterocycles. The van der Waals surface area contributed by atoms with Crippen LogP contribution in [0.25, 0.3) is 6.08 Å². The molecule has 1 fully saturated rings. The van der Waals surface area contributed by atoms with Crippen molar-refractivity contribution in [2.75, 3.05) is 14.2 Å². The minimum atomic E-state index is -1.57. The molecule has 1 atom stereocenters. The number of hydrogen-bond acceptors (Lipinski definition) is 7. The largest absolute Gasteiger partial charge is 0.497 e. The lowest BCUT2D eigenvalue weighted by Crippen LogP contribution is -2.45. The van der Waals surface area contributed by atoms with Gasteiger partial charge in [0.1, 0.15) is 21.9 Å². The smallest absolute Gasteiger partial charge is 0.327 e. The van der Waals surface area contributed by atoms with Crippen LogP contribution in [0.15, 0.2) is 23.1 Å². The zero-order valence-corrected chi connectivity index (χ0v) is 15.4. The van der Waals surface area contributed by atoms with Gasteiger partial charge in [-0.2, -0.15) is 0 Å². The molecule has 0 aromatic heterocycles. The molecule has 0 aliphatic carbocycles. The van der Waals surface area contributed by atoms with Gasteiger partial charge in [0, 0.05) is 11.6 Å². The molecule has 1 aliphatic rings. The number of thioether (sulfide) groups is 1. The molecular weight excluding hydrogens is 382 g/mol. The minimum absolute atomic E-state index is 0.0117. The van der Waals surface area contributed by atoms with Crippen molar-refractivity contribution in [1.82, 2.24) is 4.90 Å². The Morgan fingerprint density at radius 3 is 2.54 bits per heavy atom. The van der Waals surface area contributed by atoms with E-state index >= 15 is 0 Å². The van der Waals surface area contributed by atoms with Crippen LogP contribution in [0.2, 0.25) is 0 Å². The molecule has 1 aromatic rings. The lowest BCUT2D eigenvalue weighted by Gasteiger charge is -2.21. The molecule has 8 nitrogen and oxygen atoms in total. The fourth-order valence-corrected chi connectivity index (χ4v) is 3.63. The van der Waals surface area contributed by atoms with Gasteiger partial charge in [0.25, 0.3) is 5.91 Å². The van der Waals surface area contributed by atoms with Gasteiger partial charge in [0.15, 0.2) is 0 Å². The van der Waals surface area contributed by atoms with E-state index in [0.29, 0.717) is 17.1 Å². The van der Waals surface area contributed by atoms with Gasteiger partial charge in [-0.1, -0.05) is 24.0 Å². The van der Waals surface area contributed by atoms with Crippen LogP contribution in [0.4, 0.5) is 0 Å². The molecule has 0 spiro atoms. The van der Waals surface area contributed by atoms with Crippen molar-refractivity contribution >= 4 is 52.2 Å². The minimum Gasteiger partial charge on any atom is -0.497 e. The molecule has 138 valence electrons. The Kier molecular flexibility index (Phi) is 6.22. The third-order valence-electron chi connectivity index (χ3n) is 3.52. The van der Waals surface area contributed by atoms with Crippen LogP contribution in [0.1, 0.15) is 12.0 Å². The van der Waals surface area contributed by atoms with E-state index in [2.05, 4.69) is 0 Å². The third-order valence-corrected chi connectivity index (χ3v) is 4.85. The maximum absolute atomic E-state index is 12.6. The van der Waals surface area contributed by atoms with Crippen LogP contribution >= 0.6 is 24.0 Å². The van der Waals surface area contributed by atoms with Crippen molar-refractivity contribution in [3.63, 3.8) is 0 Å². The Balaban J connectivity index is 2.37. The highest BCUT2D eigenvalue weighted by molar-refractivity contribution is 8.26. The third kappa shape index (κ3) is 4.14. The predicted molar refractivity (Wildman–Crippen MR) is 98.2 cm³/mol. The number of carbonyl (C=O) groups is 3. The fraction of sp³-hybridized carbons (Fsp3) is 0.250. The molecule has 0 bridgehead atoms. The van der Waals surface area contributed by atoms with E-state index < -0.39 is 30.3 Å². The van der Waals surface area contributed by atoms with Crippen LogP contribution < -0.4 is 9.47 Å². The normalized spacial score (nSPS) is 16.7. The second-order valence-corrected chi connectivity index (χ2v) is 6.79. The van der Waals surface area contributed by atoms with Gasteiger partial charge in [-0.25, -0.2) is 4.79 Å². The molecule has 1 amide bonds. The van der Waals surface area contributed by atoms with Crippen molar-refractivity contribution in [3.05, 3.63) is 28.7 Å². The Morgan fingerprint density at radius 1 is 1.31 bits per heavy atom. The monoisotopic (exact) mass is 397 g/mol. The SMILES string of the molecule is COc1ccc(C=C2SC(=S)N(C(CC(=O)O)C(=O)O)C2=O)c(OC)c1. The number of nitrogens with zero attached hydrogens (tertiary/aromatic N) is 1. The van der Waals surface area contributed by atoms with Gasteiger partial charge in [-0.05, 0) is 18.2 Å². The van der Waals surface area contributed by atoms with Crippen molar-refractivity contribution in [2.24, 2.45) is 0 Å². The second-order valence-electron chi connectivity index (χ2n) is 5.11. The van der Waals surface area contributed by atoms with Crippen LogP contribution in [0.5, 0.6) is 11.5 Å². The van der Waals surface area contributed by atoms with Gasteiger partial charge in [-0.15, -0.1) is 0 Å². The average Bonchev–Trinajstić information content (AvgIpc) is 2.86. The molecular formula is C16H15NO7S2. The second kappa shape index (κ2) is 8.19. The zero-order valence-electron chi connectivity index (χ0n) is 13.8. The summed E-state index contributed by atoms with van der Waals surface area (Å²) in [4.78, 5) is 35.9. The molecule has 0 saturated carbocycles. The first kappa shape index (κ1) is 19.7. The number of thiocarbonyl (C=S) groups is 1. The summed E-state index contributed by atoms with van der Waals surface area (Å²) in [5.41, 5.74) is 0.568. The fourth-order valence-electron chi connectivity index (χ4n) is 2.28. The molecule has 0 radical (unpaired) electrons. The number of ether oxygens (including phenoxy) is 2. The summed E-state index contributed by atoms with van der Waals surface area (Å²) in [7, 11) is 2.97. The standard InChI is InChI=1S/C16H15NO7S2/c1-23-9-4-3-8(11(6-9)24-2)5-12-14(20)17(16(25)26-12)10(15(21)22)7-13(18)19/h3-6,10H,7H2,1-2H3,(H,18,19)(H,21,22). The number of aliphatic carboxylic acids is 2. The quantitative estimate of drug-likeness (QED) is 0.525. The van der Waals surface area contributed by atoms with Crippen molar-refractivity contribution < 1.29 is 34.1 Å². The molecule has 1 unspecified atom stereocenters. The molecule has 2 N–H and O–H groups in total. The number of carboxylic acids is 2. The van der Waals surface area contributed by atoms with E-state index in [1.54, 1.807) is 18.2 Å². The number of carbonyl (C=O) groups excluding carboxylic acids is 1. The highest BCUT2D eigenvalue weighted by Crippen LogP contribution is 2.36. The Hall–Kier alpha value is -2.59. The molecule has 1 aromatic carbocycles. The Morgan fingerprint density at radius 2 is 2.00 bits per heavy atom. The molecule has 1 aliphatic heterocycles. The van der Waals surface area contributed by atoms with E-state index in [0.717, 1.165) is 16.7 Å². The van der Waals surface area contributed by atoms with E-state index in [9.17, 15) is 19.5 Å². The van der Waals surface area contributed by atoms with Crippen molar-refractivity contribution in [2.45, 2.75) is 12.5 Å². The van der Waals surface area contributed by atoms with Crippen LogP contribution in [-0.4, -0.2) is 57.5 Å². The zero-order chi connectivity index (χ0) is 19.4. The van der Waals surface area contributed by atoms with Gasteiger partial charge >= 0.3 is 11.9 Å². The van der Waals surface area contributed by atoms with Gasteiger partial charge in [0.05, 0.1) is 25.5 Å². The predicted octanol–water partition coefficient (Wildman–Crippen LogP) is 1.83. The van der Waals surface area contributed by atoms with Crippen molar-refractivity contribution in [3.8, 4) is 11.5 Å². The number of carboxylic acid groups (broad SMARTS) is 2. The van der Waals surface area contributed by atoms with Crippen LogP contribution in [-0.2, 0) is 14.4 Å². The maximum Gasteiger partial charge on any atom is 0.327 e.